The molecule has 0 aromatic carbocycles. The summed E-state index contributed by atoms with van der Waals surface area (Å²) in [4.78, 5) is 24.1. The Morgan fingerprint density at radius 1 is 1.32 bits per heavy atom. The second-order valence-electron chi connectivity index (χ2n) is 9.32. The van der Waals surface area contributed by atoms with Crippen LogP contribution in [0.2, 0.25) is 0 Å². The molecule has 0 aliphatic heterocycles. The first-order valence-electron chi connectivity index (χ1n) is 9.78. The molecule has 0 saturated heterocycles. The van der Waals surface area contributed by atoms with Crippen molar-refractivity contribution < 1.29 is 33.7 Å². The number of hydrogen-bond acceptors (Lipinski definition) is 5. The molecule has 7 heteroatoms. The van der Waals surface area contributed by atoms with Crippen molar-refractivity contribution in [2.24, 2.45) is 22.7 Å². The lowest BCUT2D eigenvalue weighted by atomic mass is 9.44. The van der Waals surface area contributed by atoms with E-state index >= 15 is 4.39 Å². The number of alkyl halides is 2. The molecule has 0 spiro atoms. The monoisotopic (exact) mass is 396 g/mol. The van der Waals surface area contributed by atoms with Crippen molar-refractivity contribution in [1.82, 2.24) is 0 Å². The smallest absolute Gasteiger partial charge is 0.193 e. The van der Waals surface area contributed by atoms with Crippen LogP contribution < -0.4 is 0 Å². The lowest BCUT2D eigenvalue weighted by Crippen LogP contribution is -2.69. The summed E-state index contributed by atoms with van der Waals surface area (Å²) in [5, 5.41) is 31.3. The van der Waals surface area contributed by atoms with Crippen LogP contribution in [0.1, 0.15) is 39.5 Å². The van der Waals surface area contributed by atoms with Gasteiger partial charge in [-0.25, -0.2) is 8.78 Å². The Morgan fingerprint density at radius 3 is 2.64 bits per heavy atom. The molecule has 5 nitrogen and oxygen atoms in total. The van der Waals surface area contributed by atoms with Crippen LogP contribution in [0, 0.1) is 22.7 Å². The van der Waals surface area contributed by atoms with Gasteiger partial charge in [-0.2, -0.15) is 0 Å². The summed E-state index contributed by atoms with van der Waals surface area (Å²) in [6.45, 7) is 2.14. The van der Waals surface area contributed by atoms with Crippen molar-refractivity contribution in [2.45, 2.75) is 63.1 Å². The predicted molar refractivity (Wildman–Crippen MR) is 95.7 cm³/mol. The Kier molecular flexibility index (Phi) is 4.11. The molecule has 3 saturated carbocycles. The molecule has 154 valence electrons. The minimum absolute atomic E-state index is 0.209. The van der Waals surface area contributed by atoms with E-state index in [0.717, 1.165) is 0 Å². The van der Waals surface area contributed by atoms with Crippen LogP contribution in [0.3, 0.4) is 0 Å². The first-order chi connectivity index (χ1) is 13.0. The number of ketones is 2. The zero-order valence-electron chi connectivity index (χ0n) is 16.0. The summed E-state index contributed by atoms with van der Waals surface area (Å²) in [6, 6.07) is 0. The molecule has 0 radical (unpaired) electrons. The number of allylic oxidation sites excluding steroid dienone is 4. The van der Waals surface area contributed by atoms with E-state index in [-0.39, 0.29) is 25.0 Å². The highest BCUT2D eigenvalue weighted by Crippen LogP contribution is 2.70. The average Bonchev–Trinajstić information content (AvgIpc) is 2.84. The zero-order valence-corrected chi connectivity index (χ0v) is 16.0. The molecular formula is C21H26F2O5. The maximum Gasteiger partial charge on any atom is 0.193 e. The highest BCUT2D eigenvalue weighted by atomic mass is 19.1. The highest BCUT2D eigenvalue weighted by Gasteiger charge is 2.76. The number of carbonyl (C=O) groups is 2. The minimum Gasteiger partial charge on any atom is -0.390 e. The number of hydrogen-bond donors (Lipinski definition) is 3. The van der Waals surface area contributed by atoms with E-state index in [9.17, 15) is 29.3 Å². The second-order valence-corrected chi connectivity index (χ2v) is 9.32. The maximum atomic E-state index is 16.7. The standard InChI is InChI=1S/C21H26F2O5/c1-18-6-5-12(25)7-11(18)3-4-13-14-8-15(22)21(28,17(27)10-24)19(14,2)9-16(26)20(13,18)23/h5-7,13-16,24,26,28H,3-4,8-10H2,1-2H3/t13-,14-,15+,16?,18-,19-,20-,21-/m0/s1. The van der Waals surface area contributed by atoms with Crippen LogP contribution in [0.25, 0.3) is 0 Å². The molecule has 0 amide bonds. The topological polar surface area (TPSA) is 94.8 Å². The number of fused-ring (bicyclic) bond motifs is 5. The third kappa shape index (κ3) is 2.00. The lowest BCUT2D eigenvalue weighted by Gasteiger charge is -2.62. The van der Waals surface area contributed by atoms with E-state index in [4.69, 9.17) is 0 Å². The molecule has 0 bridgehead atoms. The molecule has 4 aliphatic rings. The molecule has 0 aromatic heterocycles. The highest BCUT2D eigenvalue weighted by molar-refractivity contribution is 6.01. The van der Waals surface area contributed by atoms with Gasteiger partial charge in [0, 0.05) is 16.7 Å². The van der Waals surface area contributed by atoms with Crippen molar-refractivity contribution in [3.8, 4) is 0 Å². The molecule has 3 fully saturated rings. The molecule has 28 heavy (non-hydrogen) atoms. The number of rotatable bonds is 2. The number of Topliss-reactive ketones (excluding diaryl/α,β-unsaturated/α-hetero) is 1. The van der Waals surface area contributed by atoms with Crippen molar-refractivity contribution in [1.29, 1.82) is 0 Å². The van der Waals surface area contributed by atoms with E-state index in [0.29, 0.717) is 12.0 Å². The largest absolute Gasteiger partial charge is 0.390 e. The van der Waals surface area contributed by atoms with E-state index in [1.807, 2.05) is 0 Å². The van der Waals surface area contributed by atoms with Gasteiger partial charge in [-0.05, 0) is 50.7 Å². The van der Waals surface area contributed by atoms with Gasteiger partial charge in [-0.1, -0.05) is 18.6 Å². The average molecular weight is 396 g/mol. The molecular weight excluding hydrogens is 370 g/mol. The second kappa shape index (κ2) is 5.80. The maximum absolute atomic E-state index is 16.7. The molecule has 1 unspecified atom stereocenters. The van der Waals surface area contributed by atoms with Gasteiger partial charge in [0.25, 0.3) is 0 Å². The van der Waals surface area contributed by atoms with Crippen molar-refractivity contribution in [2.75, 3.05) is 6.61 Å². The van der Waals surface area contributed by atoms with E-state index in [1.165, 1.54) is 25.2 Å². The molecule has 0 aromatic rings. The quantitative estimate of drug-likeness (QED) is 0.659. The van der Waals surface area contributed by atoms with Crippen LogP contribution in [0.4, 0.5) is 8.78 Å². The molecule has 3 N–H and O–H groups in total. The zero-order chi connectivity index (χ0) is 20.7. The predicted octanol–water partition coefficient (Wildman–Crippen LogP) is 1.60. The number of aliphatic hydroxyl groups is 3. The Bertz CT molecular complexity index is 809. The molecule has 4 aliphatic carbocycles. The minimum atomic E-state index is -2.45. The van der Waals surface area contributed by atoms with Gasteiger partial charge >= 0.3 is 0 Å². The van der Waals surface area contributed by atoms with Gasteiger partial charge in [0.2, 0.25) is 0 Å². The Labute approximate surface area is 162 Å². The van der Waals surface area contributed by atoms with Crippen LogP contribution in [0.15, 0.2) is 23.8 Å². The summed E-state index contributed by atoms with van der Waals surface area (Å²) in [5.41, 5.74) is -6.59. The van der Waals surface area contributed by atoms with Gasteiger partial charge in [0.1, 0.15) is 12.8 Å². The van der Waals surface area contributed by atoms with E-state index in [2.05, 4.69) is 0 Å². The third-order valence-electron chi connectivity index (χ3n) is 8.38. The fraction of sp³-hybridized carbons (Fsp3) is 0.714. The van der Waals surface area contributed by atoms with Gasteiger partial charge in [-0.3, -0.25) is 9.59 Å². The van der Waals surface area contributed by atoms with Crippen molar-refractivity contribution in [3.63, 3.8) is 0 Å². The summed E-state index contributed by atoms with van der Waals surface area (Å²) in [6.07, 6.45) is 0.895. The van der Waals surface area contributed by atoms with Crippen molar-refractivity contribution >= 4 is 11.6 Å². The molecule has 4 rings (SSSR count). The Morgan fingerprint density at radius 2 is 2.00 bits per heavy atom. The van der Waals surface area contributed by atoms with Crippen molar-refractivity contribution in [3.05, 3.63) is 23.8 Å². The number of carbonyl (C=O) groups excluding carboxylic acids is 2. The van der Waals surface area contributed by atoms with Crippen LogP contribution in [0.5, 0.6) is 0 Å². The summed E-state index contributed by atoms with van der Waals surface area (Å²) >= 11 is 0. The lowest BCUT2D eigenvalue weighted by molar-refractivity contribution is -0.220. The normalized spacial score (nSPS) is 52.5. The van der Waals surface area contributed by atoms with E-state index < -0.39 is 58.6 Å². The molecule has 0 heterocycles. The van der Waals surface area contributed by atoms with E-state index in [1.54, 1.807) is 6.92 Å². The van der Waals surface area contributed by atoms with Gasteiger partial charge < -0.3 is 15.3 Å². The first kappa shape index (κ1) is 19.9. The number of halogens is 2. The summed E-state index contributed by atoms with van der Waals surface area (Å²) in [5.74, 6) is -2.73. The van der Waals surface area contributed by atoms with Crippen LogP contribution in [-0.2, 0) is 9.59 Å². The Balaban J connectivity index is 1.84. The fourth-order valence-electron chi connectivity index (χ4n) is 6.80. The third-order valence-corrected chi connectivity index (χ3v) is 8.38. The number of aliphatic hydroxyl groups excluding tert-OH is 2. The summed E-state index contributed by atoms with van der Waals surface area (Å²) < 4.78 is 31.7. The fourth-order valence-corrected chi connectivity index (χ4v) is 6.80. The van der Waals surface area contributed by atoms with Crippen LogP contribution >= 0.6 is 0 Å². The SMILES string of the molecule is C[C@]12C=CC(=O)C=C1CC[C@H]1[C@@H]3C[C@@H](F)[C@](O)(C(=O)CO)[C@@]3(C)CC(O)[C@@]12F. The Hall–Kier alpha value is -1.44. The van der Waals surface area contributed by atoms with Crippen LogP contribution in [-0.4, -0.2) is 57.0 Å². The first-order valence-corrected chi connectivity index (χ1v) is 9.78. The molecule has 8 atom stereocenters. The van der Waals surface area contributed by atoms with Gasteiger partial charge in [-0.15, -0.1) is 0 Å². The van der Waals surface area contributed by atoms with Gasteiger partial charge in [0.15, 0.2) is 22.8 Å². The summed E-state index contributed by atoms with van der Waals surface area (Å²) in [7, 11) is 0. The van der Waals surface area contributed by atoms with Gasteiger partial charge in [0.05, 0.1) is 6.10 Å².